The number of phenolic OH excluding ortho intramolecular Hbond substituents is 1. The number of phenols is 1. The van der Waals surface area contributed by atoms with Crippen LogP contribution < -0.4 is 5.32 Å². The van der Waals surface area contributed by atoms with Gasteiger partial charge in [0.25, 0.3) is 5.91 Å². The van der Waals surface area contributed by atoms with E-state index in [1.807, 2.05) is 0 Å². The molecule has 1 saturated heterocycles. The van der Waals surface area contributed by atoms with Gasteiger partial charge in [-0.25, -0.2) is 4.79 Å². The highest BCUT2D eigenvalue weighted by atomic mass is 16.5. The lowest BCUT2D eigenvalue weighted by atomic mass is 9.79. The number of hydrogen-bond donors (Lipinski definition) is 2. The molecule has 0 aromatic heterocycles. The van der Waals surface area contributed by atoms with Crippen molar-refractivity contribution < 1.29 is 24.2 Å². The number of carbonyl (C=O) groups is 2. The molecule has 0 spiro atoms. The van der Waals surface area contributed by atoms with E-state index < -0.39 is 5.97 Å². The van der Waals surface area contributed by atoms with Gasteiger partial charge in [0.1, 0.15) is 5.75 Å². The molecule has 2 aliphatic rings. The average molecular weight is 376 g/mol. The maximum Gasteiger partial charge on any atom is 0.338 e. The highest BCUT2D eigenvalue weighted by Crippen LogP contribution is 2.33. The van der Waals surface area contributed by atoms with Gasteiger partial charge in [-0.05, 0) is 37.1 Å². The molecule has 7 nitrogen and oxygen atoms in total. The van der Waals surface area contributed by atoms with Crippen molar-refractivity contribution in [3.05, 3.63) is 29.8 Å². The third-order valence-corrected chi connectivity index (χ3v) is 5.52. The van der Waals surface area contributed by atoms with E-state index >= 15 is 0 Å². The maximum absolute atomic E-state index is 12.2. The Bertz CT molecular complexity index is 634. The van der Waals surface area contributed by atoms with Gasteiger partial charge in [-0.1, -0.05) is 19.3 Å². The number of ether oxygens (including phenoxy) is 2. The van der Waals surface area contributed by atoms with Gasteiger partial charge in [0.2, 0.25) is 0 Å². The Morgan fingerprint density at radius 1 is 1.11 bits per heavy atom. The second-order valence-electron chi connectivity index (χ2n) is 7.28. The van der Waals surface area contributed by atoms with Gasteiger partial charge >= 0.3 is 5.97 Å². The van der Waals surface area contributed by atoms with Gasteiger partial charge in [-0.3, -0.25) is 9.69 Å². The Morgan fingerprint density at radius 3 is 2.44 bits per heavy atom. The molecule has 7 heteroatoms. The van der Waals surface area contributed by atoms with E-state index in [1.165, 1.54) is 43.5 Å². The molecular formula is C20H28N2O5. The topological polar surface area (TPSA) is 88.1 Å². The summed E-state index contributed by atoms with van der Waals surface area (Å²) in [5.41, 5.74) is 0.288. The predicted octanol–water partition coefficient (Wildman–Crippen LogP) is 1.70. The summed E-state index contributed by atoms with van der Waals surface area (Å²) in [6, 6.07) is 5.74. The van der Waals surface area contributed by atoms with Crippen molar-refractivity contribution in [2.75, 3.05) is 39.5 Å². The Hall–Kier alpha value is -2.12. The molecule has 0 unspecified atom stereocenters. The number of morpholine rings is 1. The van der Waals surface area contributed by atoms with Gasteiger partial charge in [0, 0.05) is 25.2 Å². The largest absolute Gasteiger partial charge is 0.508 e. The molecule has 148 valence electrons. The zero-order chi connectivity index (χ0) is 19.1. The Morgan fingerprint density at radius 2 is 1.78 bits per heavy atom. The molecule has 2 N–H and O–H groups in total. The van der Waals surface area contributed by atoms with Crippen LogP contribution in [0.5, 0.6) is 5.75 Å². The lowest BCUT2D eigenvalue weighted by Gasteiger charge is -2.48. The third kappa shape index (κ3) is 5.20. The van der Waals surface area contributed by atoms with E-state index in [4.69, 9.17) is 9.47 Å². The van der Waals surface area contributed by atoms with Crippen LogP contribution in [-0.2, 0) is 14.3 Å². The standard InChI is InChI=1S/C20H28N2O5/c23-17-6-4-16(5-7-17)19(25)27-14-18(24)21-15-20(8-2-1-3-9-20)22-10-12-26-13-11-22/h4-7,23H,1-3,8-15H2,(H,21,24). The molecule has 1 saturated carbocycles. The summed E-state index contributed by atoms with van der Waals surface area (Å²) in [7, 11) is 0. The summed E-state index contributed by atoms with van der Waals surface area (Å²) in [6.07, 6.45) is 5.72. The number of hydrogen-bond acceptors (Lipinski definition) is 6. The van der Waals surface area contributed by atoms with Crippen LogP contribution in [0.25, 0.3) is 0 Å². The Kier molecular flexibility index (Phi) is 6.68. The third-order valence-electron chi connectivity index (χ3n) is 5.52. The number of aromatic hydroxyl groups is 1. The summed E-state index contributed by atoms with van der Waals surface area (Å²) in [4.78, 5) is 26.7. The molecule has 1 heterocycles. The molecule has 1 aliphatic heterocycles. The van der Waals surface area contributed by atoms with Crippen LogP contribution in [0.4, 0.5) is 0 Å². The van der Waals surface area contributed by atoms with E-state index in [9.17, 15) is 14.7 Å². The summed E-state index contributed by atoms with van der Waals surface area (Å²) in [5.74, 6) is -0.795. The fourth-order valence-electron chi connectivity index (χ4n) is 3.98. The van der Waals surface area contributed by atoms with E-state index in [-0.39, 0.29) is 23.8 Å². The van der Waals surface area contributed by atoms with Crippen LogP contribution in [-0.4, -0.2) is 66.9 Å². The predicted molar refractivity (Wildman–Crippen MR) is 99.6 cm³/mol. The number of carbonyl (C=O) groups excluding carboxylic acids is 2. The molecule has 1 amide bonds. The van der Waals surface area contributed by atoms with Gasteiger partial charge in [0.15, 0.2) is 6.61 Å². The first-order chi connectivity index (χ1) is 13.1. The first-order valence-electron chi connectivity index (χ1n) is 9.65. The first-order valence-corrected chi connectivity index (χ1v) is 9.65. The number of amides is 1. The average Bonchev–Trinajstić information content (AvgIpc) is 2.72. The number of esters is 1. The smallest absolute Gasteiger partial charge is 0.338 e. The fourth-order valence-corrected chi connectivity index (χ4v) is 3.98. The van der Waals surface area contributed by atoms with Crippen LogP contribution in [0.2, 0.25) is 0 Å². The normalized spacial score (nSPS) is 20.0. The van der Waals surface area contributed by atoms with E-state index in [1.54, 1.807) is 0 Å². The second kappa shape index (κ2) is 9.19. The first kappa shape index (κ1) is 19.6. The molecule has 3 rings (SSSR count). The number of benzene rings is 1. The molecule has 0 bridgehead atoms. The van der Waals surface area contributed by atoms with Gasteiger partial charge in [-0.2, -0.15) is 0 Å². The van der Waals surface area contributed by atoms with Crippen LogP contribution >= 0.6 is 0 Å². The molecule has 27 heavy (non-hydrogen) atoms. The van der Waals surface area contributed by atoms with Gasteiger partial charge < -0.3 is 19.9 Å². The number of rotatable bonds is 6. The fraction of sp³-hybridized carbons (Fsp3) is 0.600. The van der Waals surface area contributed by atoms with Crippen molar-refractivity contribution in [2.45, 2.75) is 37.6 Å². The van der Waals surface area contributed by atoms with E-state index in [0.29, 0.717) is 12.1 Å². The minimum absolute atomic E-state index is 0.0152. The van der Waals surface area contributed by atoms with Gasteiger partial charge in [-0.15, -0.1) is 0 Å². The molecule has 1 aromatic carbocycles. The van der Waals surface area contributed by atoms with E-state index in [2.05, 4.69) is 10.2 Å². The zero-order valence-corrected chi connectivity index (χ0v) is 15.6. The number of nitrogens with zero attached hydrogens (tertiary/aromatic N) is 1. The van der Waals surface area contributed by atoms with Gasteiger partial charge in [0.05, 0.1) is 18.8 Å². The van der Waals surface area contributed by atoms with Crippen LogP contribution in [0.3, 0.4) is 0 Å². The Labute approximate surface area is 159 Å². The highest BCUT2D eigenvalue weighted by Gasteiger charge is 2.38. The number of nitrogens with one attached hydrogen (secondary N) is 1. The molecule has 1 aromatic rings. The maximum atomic E-state index is 12.2. The van der Waals surface area contributed by atoms with Crippen molar-refractivity contribution in [3.63, 3.8) is 0 Å². The lowest BCUT2D eigenvalue weighted by Crippen LogP contribution is -2.59. The molecule has 0 atom stereocenters. The van der Waals surface area contributed by atoms with E-state index in [0.717, 1.165) is 39.1 Å². The quantitative estimate of drug-likeness (QED) is 0.735. The lowest BCUT2D eigenvalue weighted by molar-refractivity contribution is -0.125. The van der Waals surface area contributed by atoms with Crippen molar-refractivity contribution in [1.29, 1.82) is 0 Å². The highest BCUT2D eigenvalue weighted by molar-refractivity contribution is 5.91. The molecule has 2 fully saturated rings. The monoisotopic (exact) mass is 376 g/mol. The van der Waals surface area contributed by atoms with Crippen molar-refractivity contribution >= 4 is 11.9 Å². The second-order valence-corrected chi connectivity index (χ2v) is 7.28. The molecule has 1 aliphatic carbocycles. The van der Waals surface area contributed by atoms with Crippen LogP contribution in [0.1, 0.15) is 42.5 Å². The van der Waals surface area contributed by atoms with Crippen LogP contribution in [0.15, 0.2) is 24.3 Å². The van der Waals surface area contributed by atoms with Crippen molar-refractivity contribution in [1.82, 2.24) is 10.2 Å². The summed E-state index contributed by atoms with van der Waals surface area (Å²) in [5, 5.41) is 12.2. The summed E-state index contributed by atoms with van der Waals surface area (Å²) in [6.45, 7) is 3.53. The molecule has 0 radical (unpaired) electrons. The SMILES string of the molecule is O=C(COC(=O)c1ccc(O)cc1)NCC1(N2CCOCC2)CCCCC1. The minimum Gasteiger partial charge on any atom is -0.508 e. The minimum atomic E-state index is -0.578. The van der Waals surface area contributed by atoms with Crippen LogP contribution in [0, 0.1) is 0 Å². The summed E-state index contributed by atoms with van der Waals surface area (Å²) >= 11 is 0. The Balaban J connectivity index is 1.50. The zero-order valence-electron chi connectivity index (χ0n) is 15.6. The van der Waals surface area contributed by atoms with Crippen molar-refractivity contribution in [3.8, 4) is 5.75 Å². The molecular weight excluding hydrogens is 348 g/mol. The summed E-state index contributed by atoms with van der Waals surface area (Å²) < 4.78 is 10.6. The van der Waals surface area contributed by atoms with Crippen molar-refractivity contribution in [2.24, 2.45) is 0 Å².